The number of carbonyl (C=O) groups is 1. The van der Waals surface area contributed by atoms with Gasteiger partial charge in [-0.25, -0.2) is 0 Å². The summed E-state index contributed by atoms with van der Waals surface area (Å²) in [6.07, 6.45) is 1.72. The summed E-state index contributed by atoms with van der Waals surface area (Å²) in [4.78, 5) is 16.0. The van der Waals surface area contributed by atoms with E-state index >= 15 is 0 Å². The maximum absolute atomic E-state index is 11.7. The third-order valence-corrected chi connectivity index (χ3v) is 4.82. The number of nitrogens with two attached hydrogens (primary N) is 1. The van der Waals surface area contributed by atoms with Crippen molar-refractivity contribution in [2.24, 2.45) is 5.73 Å². The number of primary amides is 1. The molecule has 1 fully saturated rings. The van der Waals surface area contributed by atoms with Crippen LogP contribution in [0, 0.1) is 0 Å². The average Bonchev–Trinajstić information content (AvgIpc) is 3.10. The zero-order valence-electron chi connectivity index (χ0n) is 13.8. The number of hydrogen-bond donors (Lipinski definition) is 3. The highest BCUT2D eigenvalue weighted by molar-refractivity contribution is 6.07. The van der Waals surface area contributed by atoms with E-state index in [9.17, 15) is 4.79 Å². The smallest absolute Gasteiger partial charge is 0.250 e. The van der Waals surface area contributed by atoms with Crippen LogP contribution in [0.3, 0.4) is 0 Å². The van der Waals surface area contributed by atoms with Gasteiger partial charge in [0.2, 0.25) is 0 Å². The summed E-state index contributed by atoms with van der Waals surface area (Å²) in [5.74, 6) is -0.0660. The topological polar surface area (TPSA) is 80.0 Å². The van der Waals surface area contributed by atoms with Gasteiger partial charge < -0.3 is 16.4 Å². The first-order chi connectivity index (χ1) is 12.2. The molecule has 2 heterocycles. The van der Waals surface area contributed by atoms with E-state index in [1.54, 1.807) is 12.3 Å². The van der Waals surface area contributed by atoms with E-state index in [1.165, 1.54) is 5.56 Å². The number of rotatable bonds is 4. The number of nitrogens with one attached hydrogen (secondary N) is 2. The van der Waals surface area contributed by atoms with Crippen molar-refractivity contribution < 1.29 is 4.79 Å². The number of aromatic nitrogens is 1. The first-order valence-electron chi connectivity index (χ1n) is 8.44. The lowest BCUT2D eigenvalue weighted by atomic mass is 9.94. The lowest BCUT2D eigenvalue weighted by Gasteiger charge is -2.22. The minimum absolute atomic E-state index is 0.269. The van der Waals surface area contributed by atoms with Gasteiger partial charge in [-0.15, -0.1) is 0 Å². The van der Waals surface area contributed by atoms with Gasteiger partial charge in [0.1, 0.15) is 0 Å². The summed E-state index contributed by atoms with van der Waals surface area (Å²) >= 11 is 0. The van der Waals surface area contributed by atoms with Crippen LogP contribution in [-0.4, -0.2) is 30.0 Å². The van der Waals surface area contributed by atoms with Crippen molar-refractivity contribution in [2.75, 3.05) is 18.4 Å². The lowest BCUT2D eigenvalue weighted by Crippen LogP contribution is -2.27. The fourth-order valence-corrected chi connectivity index (χ4v) is 3.58. The van der Waals surface area contributed by atoms with Gasteiger partial charge in [-0.05, 0) is 17.7 Å². The van der Waals surface area contributed by atoms with Gasteiger partial charge in [0, 0.05) is 42.3 Å². The minimum atomic E-state index is -0.458. The maximum atomic E-state index is 11.7. The molecule has 2 aromatic carbocycles. The number of carbonyl (C=O) groups excluding carboxylic acids is 1. The Morgan fingerprint density at radius 2 is 1.92 bits per heavy atom. The van der Waals surface area contributed by atoms with Gasteiger partial charge in [0.25, 0.3) is 5.91 Å². The second-order valence-electron chi connectivity index (χ2n) is 6.35. The molecule has 1 amide bonds. The van der Waals surface area contributed by atoms with Gasteiger partial charge in [-0.2, -0.15) is 0 Å². The molecule has 5 heteroatoms. The van der Waals surface area contributed by atoms with Crippen LogP contribution in [0.4, 0.5) is 5.69 Å². The number of para-hydroxylation sites is 1. The summed E-state index contributed by atoms with van der Waals surface area (Å²) in [5, 5.41) is 8.02. The van der Waals surface area contributed by atoms with E-state index in [0.29, 0.717) is 17.0 Å². The van der Waals surface area contributed by atoms with Crippen LogP contribution in [0.15, 0.2) is 60.8 Å². The summed E-state index contributed by atoms with van der Waals surface area (Å²) < 4.78 is 0. The van der Waals surface area contributed by atoms with Gasteiger partial charge in [-0.1, -0.05) is 42.5 Å². The zero-order valence-corrected chi connectivity index (χ0v) is 13.8. The van der Waals surface area contributed by atoms with E-state index in [-0.39, 0.29) is 6.04 Å². The van der Waals surface area contributed by atoms with Crippen LogP contribution >= 0.6 is 0 Å². The predicted octanol–water partition coefficient (Wildman–Crippen LogP) is 2.50. The van der Waals surface area contributed by atoms with Crippen LogP contribution < -0.4 is 16.4 Å². The Balaban J connectivity index is 1.69. The number of hydrogen-bond acceptors (Lipinski definition) is 4. The second kappa shape index (κ2) is 6.53. The van der Waals surface area contributed by atoms with Crippen molar-refractivity contribution in [1.82, 2.24) is 10.3 Å². The molecule has 1 aliphatic heterocycles. The summed E-state index contributed by atoms with van der Waals surface area (Å²) in [6.45, 7) is 1.83. The number of nitrogens with zero attached hydrogens (tertiary/aromatic N) is 1. The Morgan fingerprint density at radius 1 is 1.08 bits per heavy atom. The van der Waals surface area contributed by atoms with Crippen molar-refractivity contribution in [3.05, 3.63) is 71.9 Å². The van der Waals surface area contributed by atoms with Crippen molar-refractivity contribution >= 4 is 22.5 Å². The van der Waals surface area contributed by atoms with Crippen molar-refractivity contribution in [3.8, 4) is 0 Å². The molecule has 0 spiro atoms. The molecule has 5 nitrogen and oxygen atoms in total. The fourth-order valence-electron chi connectivity index (χ4n) is 3.58. The third-order valence-electron chi connectivity index (χ3n) is 4.82. The molecule has 1 aromatic heterocycles. The molecular formula is C20H20N4O. The highest BCUT2D eigenvalue weighted by atomic mass is 16.1. The molecule has 126 valence electrons. The predicted molar refractivity (Wildman–Crippen MR) is 99.7 cm³/mol. The Morgan fingerprint density at radius 3 is 2.72 bits per heavy atom. The van der Waals surface area contributed by atoms with Crippen molar-refractivity contribution in [3.63, 3.8) is 0 Å². The average molecular weight is 332 g/mol. The molecule has 1 aliphatic rings. The Kier molecular flexibility index (Phi) is 4.07. The van der Waals surface area contributed by atoms with E-state index in [0.717, 1.165) is 24.2 Å². The van der Waals surface area contributed by atoms with Gasteiger partial charge in [-0.3, -0.25) is 9.78 Å². The number of benzene rings is 2. The van der Waals surface area contributed by atoms with Gasteiger partial charge in [0.15, 0.2) is 0 Å². The van der Waals surface area contributed by atoms with E-state index < -0.39 is 5.91 Å². The monoisotopic (exact) mass is 332 g/mol. The molecule has 0 radical (unpaired) electrons. The largest absolute Gasteiger partial charge is 0.380 e. The van der Waals surface area contributed by atoms with Crippen molar-refractivity contribution in [2.45, 2.75) is 12.0 Å². The molecule has 3 aromatic rings. The molecule has 4 rings (SSSR count). The van der Waals surface area contributed by atoms with Crippen LogP contribution in [0.2, 0.25) is 0 Å². The highest BCUT2D eigenvalue weighted by Gasteiger charge is 2.28. The Labute approximate surface area is 146 Å². The molecule has 0 saturated carbocycles. The second-order valence-corrected chi connectivity index (χ2v) is 6.35. The van der Waals surface area contributed by atoms with E-state index in [2.05, 4.69) is 39.9 Å². The number of anilines is 1. The number of amides is 1. The van der Waals surface area contributed by atoms with Crippen LogP contribution in [-0.2, 0) is 0 Å². The maximum Gasteiger partial charge on any atom is 0.250 e. The zero-order chi connectivity index (χ0) is 17.2. The Hall–Kier alpha value is -2.92. The number of fused-ring (bicyclic) bond motifs is 1. The van der Waals surface area contributed by atoms with E-state index in [1.807, 2.05) is 24.3 Å². The first-order valence-corrected chi connectivity index (χ1v) is 8.44. The molecule has 0 aliphatic carbocycles. The minimum Gasteiger partial charge on any atom is -0.380 e. The van der Waals surface area contributed by atoms with Crippen LogP contribution in [0.5, 0.6) is 0 Å². The van der Waals surface area contributed by atoms with Crippen LogP contribution in [0.25, 0.3) is 10.9 Å². The Bertz CT molecular complexity index is 910. The molecule has 2 atom stereocenters. The molecule has 2 unspecified atom stereocenters. The molecule has 4 N–H and O–H groups in total. The van der Waals surface area contributed by atoms with E-state index in [4.69, 9.17) is 5.73 Å². The molecular weight excluding hydrogens is 312 g/mol. The highest BCUT2D eigenvalue weighted by Crippen LogP contribution is 2.29. The van der Waals surface area contributed by atoms with Crippen molar-refractivity contribution in [1.29, 1.82) is 0 Å². The fraction of sp³-hybridized carbons (Fsp3) is 0.200. The standard InChI is InChI=1S/C20H20N4O/c21-20(25)15-8-4-7-14-17(9-10-23-19(14)15)24-18-12-22-11-16(18)13-5-2-1-3-6-13/h1-10,16,18,22H,11-12H2,(H2,21,25)(H,23,24). The van der Waals surface area contributed by atoms with Crippen LogP contribution in [0.1, 0.15) is 21.8 Å². The molecule has 1 saturated heterocycles. The summed E-state index contributed by atoms with van der Waals surface area (Å²) in [5.41, 5.74) is 8.87. The molecule has 25 heavy (non-hydrogen) atoms. The van der Waals surface area contributed by atoms with Gasteiger partial charge in [0.05, 0.1) is 11.1 Å². The summed E-state index contributed by atoms with van der Waals surface area (Å²) in [6, 6.07) is 18.3. The summed E-state index contributed by atoms with van der Waals surface area (Å²) in [7, 11) is 0. The SMILES string of the molecule is NC(=O)c1cccc2c(NC3CNCC3c3ccccc3)ccnc12. The normalized spacial score (nSPS) is 19.8. The first kappa shape index (κ1) is 15.6. The molecule has 0 bridgehead atoms. The van der Waals surface area contributed by atoms with Gasteiger partial charge >= 0.3 is 0 Å². The quantitative estimate of drug-likeness (QED) is 0.686. The lowest BCUT2D eigenvalue weighted by molar-refractivity contribution is 0.100. The number of pyridine rings is 1. The third kappa shape index (κ3) is 2.94.